The summed E-state index contributed by atoms with van der Waals surface area (Å²) in [6.45, 7) is 0.813. The number of rotatable bonds is 6. The van der Waals surface area contributed by atoms with Crippen molar-refractivity contribution >= 4 is 5.82 Å². The molecule has 0 spiro atoms. The summed E-state index contributed by atoms with van der Waals surface area (Å²) in [7, 11) is 0. The Morgan fingerprint density at radius 3 is 2.52 bits per heavy atom. The average Bonchev–Trinajstić information content (AvgIpc) is 2.63. The lowest BCUT2D eigenvalue weighted by atomic mass is 10.1. The molecule has 0 aliphatic heterocycles. The first-order chi connectivity index (χ1) is 11.4. The second-order valence-electron chi connectivity index (χ2n) is 5.07. The Bertz CT molecular complexity index is 690. The molecule has 0 radical (unpaired) electrons. The summed E-state index contributed by atoms with van der Waals surface area (Å²) in [4.78, 5) is 13.4. The first-order valence-corrected chi connectivity index (χ1v) is 7.56. The minimum absolute atomic E-state index is 0.152. The van der Waals surface area contributed by atoms with Gasteiger partial charge >= 0.3 is 0 Å². The molecule has 0 aliphatic carbocycles. The molecule has 2 aromatic heterocycles. The minimum atomic E-state index is 0.152. The molecule has 1 aromatic carbocycles. The Kier molecular flexibility index (Phi) is 4.91. The lowest BCUT2D eigenvalue weighted by Gasteiger charge is -2.10. The fourth-order valence-electron chi connectivity index (χ4n) is 2.21. The van der Waals surface area contributed by atoms with Crippen molar-refractivity contribution in [3.05, 3.63) is 60.9 Å². The predicted octanol–water partition coefficient (Wildman–Crippen LogP) is 3.00. The predicted molar refractivity (Wildman–Crippen MR) is 90.9 cm³/mol. The van der Waals surface area contributed by atoms with Gasteiger partial charge in [-0.2, -0.15) is 0 Å². The van der Waals surface area contributed by atoms with E-state index < -0.39 is 0 Å². The zero-order valence-electron chi connectivity index (χ0n) is 12.7. The number of aromatic nitrogens is 3. The van der Waals surface area contributed by atoms with Crippen LogP contribution in [0.1, 0.15) is 6.42 Å². The molecule has 0 unspecified atom stereocenters. The van der Waals surface area contributed by atoms with E-state index in [1.54, 1.807) is 12.4 Å². The van der Waals surface area contributed by atoms with Gasteiger partial charge in [0.25, 0.3) is 0 Å². The van der Waals surface area contributed by atoms with Crippen molar-refractivity contribution in [1.29, 1.82) is 0 Å². The van der Waals surface area contributed by atoms with Gasteiger partial charge in [0.05, 0.1) is 5.69 Å². The minimum Gasteiger partial charge on any atom is -0.396 e. The number of pyridine rings is 1. The molecule has 3 rings (SSSR count). The van der Waals surface area contributed by atoms with Crippen LogP contribution in [0.2, 0.25) is 0 Å². The number of aliphatic hydroxyl groups excluding tert-OH is 1. The number of hydrogen-bond donors (Lipinski definition) is 2. The third-order valence-corrected chi connectivity index (χ3v) is 3.36. The van der Waals surface area contributed by atoms with Gasteiger partial charge in [0, 0.05) is 42.7 Å². The molecule has 2 N–H and O–H groups in total. The number of nitrogens with one attached hydrogen (secondary N) is 1. The topological polar surface area (TPSA) is 70.9 Å². The van der Waals surface area contributed by atoms with Crippen molar-refractivity contribution < 1.29 is 5.11 Å². The Labute approximate surface area is 135 Å². The number of benzene rings is 1. The standard InChI is InChI=1S/C18H18N4O/c23-11-5-10-20-17-12-16(14-6-2-1-3-7-14)21-18(22-17)15-8-4-9-19-13-15/h1-4,6-9,12-13,23H,5,10-11H2,(H,20,21,22). The van der Waals surface area contributed by atoms with Crippen LogP contribution < -0.4 is 5.32 Å². The Balaban J connectivity index is 2.00. The van der Waals surface area contributed by atoms with Crippen LogP contribution in [0, 0.1) is 0 Å². The highest BCUT2D eigenvalue weighted by Gasteiger charge is 2.08. The second kappa shape index (κ2) is 7.47. The Morgan fingerprint density at radius 2 is 1.78 bits per heavy atom. The van der Waals surface area contributed by atoms with Crippen LogP contribution in [0.25, 0.3) is 22.6 Å². The van der Waals surface area contributed by atoms with E-state index in [0.717, 1.165) is 22.6 Å². The Hall–Kier alpha value is -2.79. The molecule has 116 valence electrons. The molecule has 0 amide bonds. The van der Waals surface area contributed by atoms with Gasteiger partial charge < -0.3 is 10.4 Å². The molecule has 0 saturated heterocycles. The normalized spacial score (nSPS) is 10.5. The molecule has 0 aliphatic rings. The molecule has 5 heteroatoms. The van der Waals surface area contributed by atoms with E-state index in [-0.39, 0.29) is 6.61 Å². The van der Waals surface area contributed by atoms with Crippen molar-refractivity contribution in [2.24, 2.45) is 0 Å². The first kappa shape index (κ1) is 15.1. The van der Waals surface area contributed by atoms with Gasteiger partial charge in [0.1, 0.15) is 5.82 Å². The highest BCUT2D eigenvalue weighted by atomic mass is 16.3. The molecular formula is C18H18N4O. The maximum absolute atomic E-state index is 8.93. The first-order valence-electron chi connectivity index (χ1n) is 7.56. The van der Waals surface area contributed by atoms with Crippen molar-refractivity contribution in [3.63, 3.8) is 0 Å². The summed E-state index contributed by atoms with van der Waals surface area (Å²) in [5.74, 6) is 1.37. The lowest BCUT2D eigenvalue weighted by Crippen LogP contribution is -2.06. The van der Waals surface area contributed by atoms with Crippen LogP contribution in [-0.2, 0) is 0 Å². The van der Waals surface area contributed by atoms with Crippen molar-refractivity contribution in [3.8, 4) is 22.6 Å². The lowest BCUT2D eigenvalue weighted by molar-refractivity contribution is 0.292. The van der Waals surface area contributed by atoms with E-state index >= 15 is 0 Å². The fourth-order valence-corrected chi connectivity index (χ4v) is 2.21. The van der Waals surface area contributed by atoms with E-state index in [0.29, 0.717) is 18.8 Å². The molecular weight excluding hydrogens is 288 g/mol. The molecule has 5 nitrogen and oxygen atoms in total. The molecule has 0 fully saturated rings. The van der Waals surface area contributed by atoms with Crippen molar-refractivity contribution in [1.82, 2.24) is 15.0 Å². The van der Waals surface area contributed by atoms with Gasteiger partial charge in [0.15, 0.2) is 5.82 Å². The maximum Gasteiger partial charge on any atom is 0.163 e. The van der Waals surface area contributed by atoms with Crippen LogP contribution in [0.3, 0.4) is 0 Å². The van der Waals surface area contributed by atoms with Crippen molar-refractivity contribution in [2.45, 2.75) is 6.42 Å². The van der Waals surface area contributed by atoms with E-state index in [4.69, 9.17) is 5.11 Å². The van der Waals surface area contributed by atoms with Crippen LogP contribution in [0.5, 0.6) is 0 Å². The van der Waals surface area contributed by atoms with E-state index in [9.17, 15) is 0 Å². The third-order valence-electron chi connectivity index (χ3n) is 3.36. The van der Waals surface area contributed by atoms with Crippen molar-refractivity contribution in [2.75, 3.05) is 18.5 Å². The molecule has 23 heavy (non-hydrogen) atoms. The zero-order chi connectivity index (χ0) is 15.9. The summed E-state index contributed by atoms with van der Waals surface area (Å²) < 4.78 is 0. The van der Waals surface area contributed by atoms with E-state index in [1.165, 1.54) is 0 Å². The summed E-state index contributed by atoms with van der Waals surface area (Å²) in [6.07, 6.45) is 4.15. The molecule has 0 saturated carbocycles. The largest absolute Gasteiger partial charge is 0.396 e. The van der Waals surface area contributed by atoms with Crippen LogP contribution in [-0.4, -0.2) is 33.2 Å². The summed E-state index contributed by atoms with van der Waals surface area (Å²) in [5.41, 5.74) is 2.76. The number of hydrogen-bond acceptors (Lipinski definition) is 5. The molecule has 3 aromatic rings. The van der Waals surface area contributed by atoms with Crippen LogP contribution in [0.15, 0.2) is 60.9 Å². The second-order valence-corrected chi connectivity index (χ2v) is 5.07. The molecule has 2 heterocycles. The number of nitrogens with zero attached hydrogens (tertiary/aromatic N) is 3. The number of anilines is 1. The van der Waals surface area contributed by atoms with Crippen LogP contribution in [0.4, 0.5) is 5.82 Å². The van der Waals surface area contributed by atoms with Gasteiger partial charge in [-0.3, -0.25) is 4.98 Å². The fraction of sp³-hybridized carbons (Fsp3) is 0.167. The van der Waals surface area contributed by atoms with Gasteiger partial charge in [-0.1, -0.05) is 30.3 Å². The average molecular weight is 306 g/mol. The zero-order valence-corrected chi connectivity index (χ0v) is 12.7. The SMILES string of the molecule is OCCCNc1cc(-c2ccccc2)nc(-c2cccnc2)n1. The maximum atomic E-state index is 8.93. The third kappa shape index (κ3) is 3.90. The Morgan fingerprint density at radius 1 is 0.957 bits per heavy atom. The smallest absolute Gasteiger partial charge is 0.163 e. The number of aliphatic hydroxyl groups is 1. The monoisotopic (exact) mass is 306 g/mol. The van der Waals surface area contributed by atoms with Crippen LogP contribution >= 0.6 is 0 Å². The van der Waals surface area contributed by atoms with Gasteiger partial charge in [-0.15, -0.1) is 0 Å². The van der Waals surface area contributed by atoms with E-state index in [1.807, 2.05) is 48.5 Å². The van der Waals surface area contributed by atoms with Gasteiger partial charge in [0.2, 0.25) is 0 Å². The quantitative estimate of drug-likeness (QED) is 0.685. The summed E-state index contributed by atoms with van der Waals surface area (Å²) in [6, 6.07) is 15.7. The highest BCUT2D eigenvalue weighted by molar-refractivity contribution is 5.67. The summed E-state index contributed by atoms with van der Waals surface area (Å²) in [5, 5.41) is 12.2. The highest BCUT2D eigenvalue weighted by Crippen LogP contribution is 2.23. The van der Waals surface area contributed by atoms with Gasteiger partial charge in [-0.05, 0) is 18.6 Å². The summed E-state index contributed by atoms with van der Waals surface area (Å²) >= 11 is 0. The van der Waals surface area contributed by atoms with Gasteiger partial charge in [-0.25, -0.2) is 9.97 Å². The van der Waals surface area contributed by atoms with E-state index in [2.05, 4.69) is 20.3 Å². The molecule has 0 bridgehead atoms. The molecule has 0 atom stereocenters.